The SMILES string of the molecule is [CH2]CCNc1ccc(C)cc1. The maximum absolute atomic E-state index is 3.76. The smallest absolute Gasteiger partial charge is 0.0340 e. The molecular formula is C10H14N. The Morgan fingerprint density at radius 2 is 1.91 bits per heavy atom. The van der Waals surface area contributed by atoms with Gasteiger partial charge >= 0.3 is 0 Å². The number of anilines is 1. The van der Waals surface area contributed by atoms with Gasteiger partial charge in [0.25, 0.3) is 0 Å². The average Bonchev–Trinajstić information content (AvgIpc) is 2.04. The molecular weight excluding hydrogens is 134 g/mol. The summed E-state index contributed by atoms with van der Waals surface area (Å²) in [6, 6.07) is 8.38. The lowest BCUT2D eigenvalue weighted by atomic mass is 10.2. The molecule has 0 unspecified atom stereocenters. The Labute approximate surface area is 68.4 Å². The van der Waals surface area contributed by atoms with Crippen molar-refractivity contribution in [3.05, 3.63) is 36.8 Å². The van der Waals surface area contributed by atoms with Crippen molar-refractivity contribution in [2.75, 3.05) is 11.9 Å². The Morgan fingerprint density at radius 3 is 2.45 bits per heavy atom. The van der Waals surface area contributed by atoms with Crippen LogP contribution < -0.4 is 5.32 Å². The molecule has 1 aromatic carbocycles. The van der Waals surface area contributed by atoms with Crippen molar-refractivity contribution in [1.29, 1.82) is 0 Å². The molecule has 0 aliphatic rings. The minimum absolute atomic E-state index is 0.924. The van der Waals surface area contributed by atoms with Gasteiger partial charge in [-0.05, 0) is 25.5 Å². The molecule has 1 aromatic rings. The van der Waals surface area contributed by atoms with Gasteiger partial charge in [-0.3, -0.25) is 0 Å². The highest BCUT2D eigenvalue weighted by molar-refractivity contribution is 5.44. The third-order valence-corrected chi connectivity index (χ3v) is 1.56. The number of aryl methyl sites for hydroxylation is 1. The van der Waals surface area contributed by atoms with Gasteiger partial charge in [-0.25, -0.2) is 0 Å². The zero-order chi connectivity index (χ0) is 8.10. The summed E-state index contributed by atoms with van der Waals surface area (Å²) in [7, 11) is 0. The van der Waals surface area contributed by atoms with Crippen LogP contribution in [0, 0.1) is 13.8 Å². The molecule has 0 aliphatic heterocycles. The number of benzene rings is 1. The topological polar surface area (TPSA) is 12.0 Å². The molecule has 0 aliphatic carbocycles. The van der Waals surface area contributed by atoms with Gasteiger partial charge in [0.1, 0.15) is 0 Å². The van der Waals surface area contributed by atoms with E-state index in [4.69, 9.17) is 0 Å². The lowest BCUT2D eigenvalue weighted by molar-refractivity contribution is 1.07. The van der Waals surface area contributed by atoms with Crippen molar-refractivity contribution in [2.24, 2.45) is 0 Å². The number of nitrogens with one attached hydrogen (secondary N) is 1. The van der Waals surface area contributed by atoms with Crippen LogP contribution in [0.2, 0.25) is 0 Å². The molecule has 59 valence electrons. The quantitative estimate of drug-likeness (QED) is 0.694. The van der Waals surface area contributed by atoms with Crippen molar-refractivity contribution in [3.8, 4) is 0 Å². The van der Waals surface area contributed by atoms with Crippen LogP contribution in [0.5, 0.6) is 0 Å². The first kappa shape index (κ1) is 8.12. The highest BCUT2D eigenvalue weighted by Crippen LogP contribution is 2.07. The van der Waals surface area contributed by atoms with Crippen LogP contribution in [0.1, 0.15) is 12.0 Å². The van der Waals surface area contributed by atoms with Crippen molar-refractivity contribution >= 4 is 5.69 Å². The molecule has 0 spiro atoms. The van der Waals surface area contributed by atoms with Gasteiger partial charge in [0.15, 0.2) is 0 Å². The minimum Gasteiger partial charge on any atom is -0.385 e. The lowest BCUT2D eigenvalue weighted by Gasteiger charge is -2.03. The molecule has 0 saturated heterocycles. The maximum Gasteiger partial charge on any atom is 0.0340 e. The fourth-order valence-corrected chi connectivity index (χ4v) is 0.904. The molecule has 0 amide bonds. The summed E-state index contributed by atoms with van der Waals surface area (Å²) in [6.07, 6.45) is 0.924. The van der Waals surface area contributed by atoms with E-state index in [0.29, 0.717) is 0 Å². The highest BCUT2D eigenvalue weighted by atomic mass is 14.9. The van der Waals surface area contributed by atoms with E-state index in [-0.39, 0.29) is 0 Å². The first-order valence-corrected chi connectivity index (χ1v) is 3.92. The Bertz CT molecular complexity index is 201. The predicted octanol–water partition coefficient (Wildman–Crippen LogP) is 2.63. The summed E-state index contributed by atoms with van der Waals surface area (Å²) >= 11 is 0. The molecule has 1 rings (SSSR count). The largest absolute Gasteiger partial charge is 0.385 e. The number of hydrogen-bond acceptors (Lipinski definition) is 1. The van der Waals surface area contributed by atoms with Crippen molar-refractivity contribution in [3.63, 3.8) is 0 Å². The third kappa shape index (κ3) is 2.62. The molecule has 0 heterocycles. The molecule has 1 nitrogen and oxygen atoms in total. The Morgan fingerprint density at radius 1 is 1.27 bits per heavy atom. The molecule has 0 aromatic heterocycles. The van der Waals surface area contributed by atoms with Gasteiger partial charge in [0.2, 0.25) is 0 Å². The second-order valence-electron chi connectivity index (χ2n) is 2.65. The molecule has 0 fully saturated rings. The molecule has 1 heteroatoms. The summed E-state index contributed by atoms with van der Waals surface area (Å²) in [5.74, 6) is 0. The average molecular weight is 148 g/mol. The zero-order valence-corrected chi connectivity index (χ0v) is 6.93. The van der Waals surface area contributed by atoms with Gasteiger partial charge in [-0.2, -0.15) is 0 Å². The van der Waals surface area contributed by atoms with E-state index in [1.54, 1.807) is 0 Å². The Kier molecular flexibility index (Phi) is 2.96. The van der Waals surface area contributed by atoms with Gasteiger partial charge in [0.05, 0.1) is 0 Å². The van der Waals surface area contributed by atoms with Crippen molar-refractivity contribution in [1.82, 2.24) is 0 Å². The van der Waals surface area contributed by atoms with Crippen molar-refractivity contribution < 1.29 is 0 Å². The van der Waals surface area contributed by atoms with E-state index < -0.39 is 0 Å². The standard InChI is InChI=1S/C10H14N/c1-3-8-11-10-6-4-9(2)5-7-10/h4-7,11H,1,3,8H2,2H3. The second kappa shape index (κ2) is 4.02. The van der Waals surface area contributed by atoms with Crippen LogP contribution >= 0.6 is 0 Å². The van der Waals surface area contributed by atoms with Crippen LogP contribution in [0.15, 0.2) is 24.3 Å². The summed E-state index contributed by atoms with van der Waals surface area (Å²) in [6.45, 7) is 6.79. The van der Waals surface area contributed by atoms with Crippen LogP contribution in [-0.4, -0.2) is 6.54 Å². The third-order valence-electron chi connectivity index (χ3n) is 1.56. The Balaban J connectivity index is 2.52. The summed E-state index contributed by atoms with van der Waals surface area (Å²) in [5, 5.41) is 3.26. The lowest BCUT2D eigenvalue weighted by Crippen LogP contribution is -1.98. The van der Waals surface area contributed by atoms with Crippen molar-refractivity contribution in [2.45, 2.75) is 13.3 Å². The van der Waals surface area contributed by atoms with Crippen LogP contribution in [0.3, 0.4) is 0 Å². The van der Waals surface area contributed by atoms with E-state index in [9.17, 15) is 0 Å². The fraction of sp³-hybridized carbons (Fsp3) is 0.300. The molecule has 0 saturated carbocycles. The van der Waals surface area contributed by atoms with E-state index in [0.717, 1.165) is 13.0 Å². The fourth-order valence-electron chi connectivity index (χ4n) is 0.904. The van der Waals surface area contributed by atoms with Gasteiger partial charge in [-0.15, -0.1) is 0 Å². The van der Waals surface area contributed by atoms with Gasteiger partial charge in [-0.1, -0.05) is 24.6 Å². The summed E-state index contributed by atoms with van der Waals surface area (Å²) < 4.78 is 0. The van der Waals surface area contributed by atoms with Crippen LogP contribution in [0.4, 0.5) is 5.69 Å². The first-order chi connectivity index (χ1) is 5.33. The molecule has 0 bridgehead atoms. The number of hydrogen-bond donors (Lipinski definition) is 1. The summed E-state index contributed by atoms with van der Waals surface area (Å²) in [4.78, 5) is 0. The molecule has 1 N–H and O–H groups in total. The highest BCUT2D eigenvalue weighted by Gasteiger charge is 1.87. The molecule has 1 radical (unpaired) electrons. The van der Waals surface area contributed by atoms with Crippen LogP contribution in [-0.2, 0) is 0 Å². The monoisotopic (exact) mass is 148 g/mol. The molecule has 0 atom stereocenters. The first-order valence-electron chi connectivity index (χ1n) is 3.92. The minimum atomic E-state index is 0.924. The number of rotatable bonds is 3. The van der Waals surface area contributed by atoms with Crippen LogP contribution in [0.25, 0.3) is 0 Å². The van der Waals surface area contributed by atoms with Gasteiger partial charge in [0, 0.05) is 12.2 Å². The predicted molar refractivity (Wildman–Crippen MR) is 49.6 cm³/mol. The molecule has 11 heavy (non-hydrogen) atoms. The second-order valence-corrected chi connectivity index (χ2v) is 2.65. The van der Waals surface area contributed by atoms with E-state index in [1.165, 1.54) is 11.3 Å². The van der Waals surface area contributed by atoms with E-state index in [2.05, 4.69) is 43.4 Å². The zero-order valence-electron chi connectivity index (χ0n) is 6.93. The normalized spacial score (nSPS) is 9.64. The van der Waals surface area contributed by atoms with E-state index in [1.807, 2.05) is 0 Å². The van der Waals surface area contributed by atoms with Gasteiger partial charge < -0.3 is 5.32 Å². The van der Waals surface area contributed by atoms with E-state index >= 15 is 0 Å². The maximum atomic E-state index is 3.76. The Hall–Kier alpha value is -0.980. The summed E-state index contributed by atoms with van der Waals surface area (Å²) in [5.41, 5.74) is 2.48.